The van der Waals surface area contributed by atoms with Crippen LogP contribution < -0.4 is 5.56 Å². The van der Waals surface area contributed by atoms with Gasteiger partial charge in [0.2, 0.25) is 0 Å². The van der Waals surface area contributed by atoms with Crippen molar-refractivity contribution in [3.63, 3.8) is 0 Å². The summed E-state index contributed by atoms with van der Waals surface area (Å²) in [5.41, 5.74) is 1.53. The lowest BCUT2D eigenvalue weighted by Gasteiger charge is -2.08. The summed E-state index contributed by atoms with van der Waals surface area (Å²) in [5.74, 6) is 0.148. The molecule has 100 valence electrons. The average molecular weight is 281 g/mol. The Morgan fingerprint density at radius 3 is 2.79 bits per heavy atom. The van der Waals surface area contributed by atoms with Crippen LogP contribution in [0.5, 0.6) is 0 Å². The van der Waals surface area contributed by atoms with Crippen LogP contribution in [0, 0.1) is 12.7 Å². The molecule has 2 rings (SSSR count). The molecule has 0 amide bonds. The van der Waals surface area contributed by atoms with Crippen LogP contribution in [0.2, 0.25) is 5.02 Å². The van der Waals surface area contributed by atoms with Crippen molar-refractivity contribution in [3.8, 4) is 11.3 Å². The van der Waals surface area contributed by atoms with Gasteiger partial charge in [-0.2, -0.15) is 0 Å². The minimum Gasteiger partial charge on any atom is -0.310 e. The first kappa shape index (κ1) is 13.7. The lowest BCUT2D eigenvalue weighted by molar-refractivity contribution is 0.628. The number of aryl methyl sites for hydroxylation is 1. The van der Waals surface area contributed by atoms with E-state index in [2.05, 4.69) is 9.97 Å². The number of nitrogens with zero attached hydrogens (tertiary/aromatic N) is 1. The third-order valence-electron chi connectivity index (χ3n) is 2.88. The standard InChI is InChI=1S/C14H14ClFN2O/c1-3-4-12-17-13(8(2)14(19)18-12)9-5-6-11(16)10(15)7-9/h5-7H,3-4H2,1-2H3,(H,17,18,19). The largest absolute Gasteiger partial charge is 0.310 e. The smallest absolute Gasteiger partial charge is 0.254 e. The van der Waals surface area contributed by atoms with Gasteiger partial charge < -0.3 is 4.98 Å². The fraction of sp³-hybridized carbons (Fsp3) is 0.286. The molecule has 5 heteroatoms. The zero-order chi connectivity index (χ0) is 14.0. The van der Waals surface area contributed by atoms with E-state index in [1.54, 1.807) is 13.0 Å². The highest BCUT2D eigenvalue weighted by molar-refractivity contribution is 6.31. The van der Waals surface area contributed by atoms with E-state index in [-0.39, 0.29) is 10.6 Å². The van der Waals surface area contributed by atoms with Gasteiger partial charge in [-0.15, -0.1) is 0 Å². The molecule has 0 spiro atoms. The highest BCUT2D eigenvalue weighted by Crippen LogP contribution is 2.24. The van der Waals surface area contributed by atoms with Gasteiger partial charge in [-0.3, -0.25) is 4.79 Å². The Kier molecular flexibility index (Phi) is 4.00. The summed E-state index contributed by atoms with van der Waals surface area (Å²) in [4.78, 5) is 19.0. The summed E-state index contributed by atoms with van der Waals surface area (Å²) in [5, 5.41) is 0.0241. The third kappa shape index (κ3) is 2.84. The molecule has 0 radical (unpaired) electrons. The van der Waals surface area contributed by atoms with E-state index in [0.29, 0.717) is 29.1 Å². The fourth-order valence-corrected chi connectivity index (χ4v) is 2.04. The van der Waals surface area contributed by atoms with Gasteiger partial charge >= 0.3 is 0 Å². The predicted octanol–water partition coefficient (Wildman–Crippen LogP) is 3.49. The van der Waals surface area contributed by atoms with Crippen molar-refractivity contribution in [1.29, 1.82) is 0 Å². The second-order valence-electron chi connectivity index (χ2n) is 4.37. The maximum absolute atomic E-state index is 13.2. The summed E-state index contributed by atoms with van der Waals surface area (Å²) in [7, 11) is 0. The number of halogens is 2. The number of benzene rings is 1. The molecule has 0 aliphatic carbocycles. The second kappa shape index (κ2) is 5.53. The Balaban J connectivity index is 2.60. The predicted molar refractivity (Wildman–Crippen MR) is 74.0 cm³/mol. The first-order chi connectivity index (χ1) is 9.02. The van der Waals surface area contributed by atoms with Crippen molar-refractivity contribution in [1.82, 2.24) is 9.97 Å². The molecular formula is C14H14ClFN2O. The Morgan fingerprint density at radius 2 is 2.16 bits per heavy atom. The molecule has 3 nitrogen and oxygen atoms in total. The zero-order valence-corrected chi connectivity index (χ0v) is 11.5. The number of hydrogen-bond donors (Lipinski definition) is 1. The third-order valence-corrected chi connectivity index (χ3v) is 3.17. The van der Waals surface area contributed by atoms with Crippen molar-refractivity contribution >= 4 is 11.6 Å². The molecule has 1 heterocycles. The van der Waals surface area contributed by atoms with Gasteiger partial charge in [0, 0.05) is 17.5 Å². The Labute approximate surface area is 115 Å². The molecule has 0 saturated heterocycles. The maximum Gasteiger partial charge on any atom is 0.254 e. The molecule has 1 N–H and O–H groups in total. The lowest BCUT2D eigenvalue weighted by Crippen LogP contribution is -2.16. The van der Waals surface area contributed by atoms with Crippen LogP contribution >= 0.6 is 11.6 Å². The van der Waals surface area contributed by atoms with Crippen molar-refractivity contribution < 1.29 is 4.39 Å². The van der Waals surface area contributed by atoms with Gasteiger partial charge in [0.05, 0.1) is 10.7 Å². The highest BCUT2D eigenvalue weighted by Gasteiger charge is 2.11. The number of H-pyrrole nitrogens is 1. The van der Waals surface area contributed by atoms with Gasteiger partial charge in [-0.1, -0.05) is 18.5 Å². The first-order valence-corrected chi connectivity index (χ1v) is 6.46. The number of rotatable bonds is 3. The normalized spacial score (nSPS) is 10.7. The van der Waals surface area contributed by atoms with Crippen LogP contribution in [0.25, 0.3) is 11.3 Å². The molecule has 0 fully saturated rings. The summed E-state index contributed by atoms with van der Waals surface area (Å²) < 4.78 is 13.2. The van der Waals surface area contributed by atoms with Crippen molar-refractivity contribution in [3.05, 3.63) is 50.8 Å². The summed E-state index contributed by atoms with van der Waals surface area (Å²) in [6, 6.07) is 4.34. The molecule has 0 bridgehead atoms. The quantitative estimate of drug-likeness (QED) is 0.935. The molecule has 19 heavy (non-hydrogen) atoms. The topological polar surface area (TPSA) is 45.8 Å². The van der Waals surface area contributed by atoms with Crippen LogP contribution in [0.4, 0.5) is 4.39 Å². The SMILES string of the molecule is CCCc1nc(-c2ccc(F)c(Cl)c2)c(C)c(=O)[nH]1. The van der Waals surface area contributed by atoms with Gasteiger partial charge in [-0.25, -0.2) is 9.37 Å². The highest BCUT2D eigenvalue weighted by atomic mass is 35.5. The molecule has 2 aromatic rings. The summed E-state index contributed by atoms with van der Waals surface area (Å²) in [6.45, 7) is 3.70. The molecule has 0 aliphatic heterocycles. The molecule has 1 aromatic carbocycles. The molecule has 0 saturated carbocycles. The minimum absolute atomic E-state index is 0.0241. The van der Waals surface area contributed by atoms with Crippen molar-refractivity contribution in [2.75, 3.05) is 0 Å². The van der Waals surface area contributed by atoms with Crippen LogP contribution in [0.1, 0.15) is 24.7 Å². The minimum atomic E-state index is -0.485. The van der Waals surface area contributed by atoms with E-state index in [0.717, 1.165) is 6.42 Å². The Hall–Kier alpha value is -1.68. The molecular weight excluding hydrogens is 267 g/mol. The maximum atomic E-state index is 13.2. The van der Waals surface area contributed by atoms with E-state index >= 15 is 0 Å². The van der Waals surface area contributed by atoms with E-state index in [4.69, 9.17) is 11.6 Å². The summed E-state index contributed by atoms with van der Waals surface area (Å²) >= 11 is 5.77. The van der Waals surface area contributed by atoms with E-state index in [9.17, 15) is 9.18 Å². The van der Waals surface area contributed by atoms with Gasteiger partial charge in [0.25, 0.3) is 5.56 Å². The van der Waals surface area contributed by atoms with Crippen LogP contribution in [-0.4, -0.2) is 9.97 Å². The van der Waals surface area contributed by atoms with Gasteiger partial charge in [-0.05, 0) is 31.5 Å². The van der Waals surface area contributed by atoms with Crippen LogP contribution in [0.15, 0.2) is 23.0 Å². The number of nitrogens with one attached hydrogen (secondary N) is 1. The van der Waals surface area contributed by atoms with Gasteiger partial charge in [0.1, 0.15) is 11.6 Å². The van der Waals surface area contributed by atoms with Crippen molar-refractivity contribution in [2.24, 2.45) is 0 Å². The zero-order valence-electron chi connectivity index (χ0n) is 10.8. The second-order valence-corrected chi connectivity index (χ2v) is 4.77. The molecule has 1 aromatic heterocycles. The first-order valence-electron chi connectivity index (χ1n) is 6.08. The molecule has 0 aliphatic rings. The Bertz CT molecular complexity index is 667. The number of aromatic amines is 1. The van der Waals surface area contributed by atoms with Gasteiger partial charge in [0.15, 0.2) is 0 Å². The average Bonchev–Trinajstić information content (AvgIpc) is 2.37. The lowest BCUT2D eigenvalue weighted by atomic mass is 10.1. The summed E-state index contributed by atoms with van der Waals surface area (Å²) in [6.07, 6.45) is 1.58. The van der Waals surface area contributed by atoms with Crippen molar-refractivity contribution in [2.45, 2.75) is 26.7 Å². The Morgan fingerprint density at radius 1 is 1.42 bits per heavy atom. The number of hydrogen-bond acceptors (Lipinski definition) is 2. The monoisotopic (exact) mass is 280 g/mol. The van der Waals surface area contributed by atoms with Crippen LogP contribution in [-0.2, 0) is 6.42 Å². The van der Waals surface area contributed by atoms with E-state index in [1.807, 2.05) is 6.92 Å². The number of aromatic nitrogens is 2. The van der Waals surface area contributed by atoms with Crippen LogP contribution in [0.3, 0.4) is 0 Å². The van der Waals surface area contributed by atoms with E-state index < -0.39 is 5.82 Å². The van der Waals surface area contributed by atoms with E-state index in [1.165, 1.54) is 12.1 Å². The molecule has 0 unspecified atom stereocenters. The molecule has 0 atom stereocenters. The fourth-order valence-electron chi connectivity index (χ4n) is 1.86.